The van der Waals surface area contributed by atoms with E-state index in [9.17, 15) is 4.79 Å². The molecule has 3 heterocycles. The number of rotatable bonds is 4. The van der Waals surface area contributed by atoms with Gasteiger partial charge in [0.2, 0.25) is 0 Å². The number of nitrogens with one attached hydrogen (secondary N) is 1. The predicted octanol–water partition coefficient (Wildman–Crippen LogP) is 8.35. The van der Waals surface area contributed by atoms with Crippen LogP contribution in [0.1, 0.15) is 49.2 Å². The van der Waals surface area contributed by atoms with Crippen molar-refractivity contribution in [2.45, 2.75) is 38.7 Å². The number of hydrazine groups is 1. The highest BCUT2D eigenvalue weighted by atomic mass is 35.5. The topological polar surface area (TPSA) is 59.4 Å². The molecule has 40 heavy (non-hydrogen) atoms. The minimum atomic E-state index is -0.854. The molecule has 208 valence electrons. The summed E-state index contributed by atoms with van der Waals surface area (Å²) in [6.45, 7) is 5.54. The molecule has 6 nitrogen and oxygen atoms in total. The number of hydrogen-bond donors (Lipinski definition) is 1. The minimum Gasteiger partial charge on any atom is -0.482 e. The van der Waals surface area contributed by atoms with E-state index < -0.39 is 5.60 Å². The van der Waals surface area contributed by atoms with E-state index in [1.165, 1.54) is 6.42 Å². The second-order valence-corrected chi connectivity index (χ2v) is 11.7. The number of ether oxygens (including phenoxy) is 1. The molecule has 0 bridgehead atoms. The summed E-state index contributed by atoms with van der Waals surface area (Å²) in [7, 11) is 0. The number of amides is 1. The largest absolute Gasteiger partial charge is 0.482 e. The van der Waals surface area contributed by atoms with Crippen LogP contribution in [-0.4, -0.2) is 33.8 Å². The molecule has 0 aliphatic carbocycles. The van der Waals surface area contributed by atoms with E-state index in [1.807, 2.05) is 67.4 Å². The molecule has 0 atom stereocenters. The van der Waals surface area contributed by atoms with Crippen molar-refractivity contribution in [2.75, 3.05) is 13.1 Å². The highest BCUT2D eigenvalue weighted by Crippen LogP contribution is 2.49. The smallest absolute Gasteiger partial charge is 0.286 e. The molecule has 2 aliphatic rings. The Morgan fingerprint density at radius 3 is 2.27 bits per heavy atom. The van der Waals surface area contributed by atoms with Crippen LogP contribution in [0.5, 0.6) is 5.75 Å². The summed E-state index contributed by atoms with van der Waals surface area (Å²) in [5.41, 5.74) is 7.43. The van der Waals surface area contributed by atoms with Gasteiger partial charge in [-0.2, -0.15) is 5.10 Å². The third-order valence-electron chi connectivity index (χ3n) is 7.24. The molecule has 0 radical (unpaired) electrons. The number of aromatic nitrogens is 2. The Hall–Kier alpha value is -2.74. The summed E-state index contributed by atoms with van der Waals surface area (Å²) < 4.78 is 8.32. The Morgan fingerprint density at radius 2 is 1.57 bits per heavy atom. The maximum atomic E-state index is 13.7. The van der Waals surface area contributed by atoms with E-state index in [-0.39, 0.29) is 18.3 Å². The van der Waals surface area contributed by atoms with E-state index in [1.54, 1.807) is 16.8 Å². The standard InChI is InChI=1S/C30H27Cl3N4O2.ClH/c1-30(2)26-27(29(38)35-36-14-4-3-5-15-36)34-37(24-13-11-21(32)17-23(24)33)28(26)22-12-8-19(16-25(22)39-30)18-6-9-20(31)10-7-18;/h6-13,16-17H,3-5,14-15H2,1-2H3,(H,35,38);1H. The molecule has 3 aromatic carbocycles. The third-order valence-corrected chi connectivity index (χ3v) is 8.03. The lowest BCUT2D eigenvalue weighted by molar-refractivity contribution is 0.0720. The summed E-state index contributed by atoms with van der Waals surface area (Å²) in [5, 5.41) is 8.45. The molecule has 10 heteroatoms. The monoisotopic (exact) mass is 616 g/mol. The first-order valence-electron chi connectivity index (χ1n) is 13.0. The Labute approximate surface area is 254 Å². The van der Waals surface area contributed by atoms with Gasteiger partial charge in [-0.3, -0.25) is 10.2 Å². The average molecular weight is 618 g/mol. The highest BCUT2D eigenvalue weighted by Gasteiger charge is 2.42. The van der Waals surface area contributed by atoms with Crippen LogP contribution in [0.25, 0.3) is 28.1 Å². The zero-order chi connectivity index (χ0) is 27.3. The lowest BCUT2D eigenvalue weighted by atomic mass is 9.88. The molecule has 1 amide bonds. The van der Waals surface area contributed by atoms with Crippen LogP contribution in [0.15, 0.2) is 60.7 Å². The van der Waals surface area contributed by atoms with Crippen LogP contribution in [-0.2, 0) is 5.60 Å². The number of fused-ring (bicyclic) bond motifs is 3. The first-order chi connectivity index (χ1) is 18.7. The number of piperidine rings is 1. The van der Waals surface area contributed by atoms with Gasteiger partial charge in [-0.1, -0.05) is 59.4 Å². The van der Waals surface area contributed by atoms with E-state index >= 15 is 0 Å². The van der Waals surface area contributed by atoms with Gasteiger partial charge in [-0.05, 0) is 80.3 Å². The lowest BCUT2D eigenvalue weighted by Gasteiger charge is -2.34. The fraction of sp³-hybridized carbons (Fsp3) is 0.267. The van der Waals surface area contributed by atoms with Crippen molar-refractivity contribution in [1.29, 1.82) is 0 Å². The van der Waals surface area contributed by atoms with Gasteiger partial charge < -0.3 is 4.74 Å². The summed E-state index contributed by atoms with van der Waals surface area (Å²) in [6, 6.07) is 19.0. The first-order valence-corrected chi connectivity index (χ1v) is 14.1. The Morgan fingerprint density at radius 1 is 0.900 bits per heavy atom. The summed E-state index contributed by atoms with van der Waals surface area (Å²) in [6.07, 6.45) is 3.26. The van der Waals surface area contributed by atoms with Gasteiger partial charge in [0.15, 0.2) is 5.69 Å². The van der Waals surface area contributed by atoms with Crippen LogP contribution in [0.2, 0.25) is 15.1 Å². The van der Waals surface area contributed by atoms with E-state index in [0.717, 1.165) is 48.3 Å². The Kier molecular flexibility index (Phi) is 8.10. The summed E-state index contributed by atoms with van der Waals surface area (Å²) in [4.78, 5) is 13.7. The first kappa shape index (κ1) is 28.8. The van der Waals surface area contributed by atoms with Gasteiger partial charge >= 0.3 is 0 Å². The molecule has 1 N–H and O–H groups in total. The fourth-order valence-electron chi connectivity index (χ4n) is 5.38. The van der Waals surface area contributed by atoms with Crippen molar-refractivity contribution in [3.63, 3.8) is 0 Å². The second-order valence-electron chi connectivity index (χ2n) is 10.4. The zero-order valence-electron chi connectivity index (χ0n) is 22.0. The molecule has 6 rings (SSSR count). The van der Waals surface area contributed by atoms with Crippen LogP contribution >= 0.6 is 47.2 Å². The van der Waals surface area contributed by atoms with Gasteiger partial charge in [0.25, 0.3) is 5.91 Å². The molecule has 1 aromatic heterocycles. The number of hydrogen-bond acceptors (Lipinski definition) is 4. The molecule has 0 spiro atoms. The van der Waals surface area contributed by atoms with Crippen molar-refractivity contribution >= 4 is 53.1 Å². The Bertz CT molecular complexity index is 1580. The average Bonchev–Trinajstić information content (AvgIpc) is 3.31. The highest BCUT2D eigenvalue weighted by molar-refractivity contribution is 6.35. The quantitative estimate of drug-likeness (QED) is 0.250. The molecule has 4 aromatic rings. The lowest BCUT2D eigenvalue weighted by Crippen LogP contribution is -2.46. The van der Waals surface area contributed by atoms with Gasteiger partial charge in [0.05, 0.1) is 22.0 Å². The van der Waals surface area contributed by atoms with Crippen molar-refractivity contribution < 1.29 is 9.53 Å². The summed E-state index contributed by atoms with van der Waals surface area (Å²) in [5.74, 6) is 0.420. The fourth-order valence-corrected chi connectivity index (χ4v) is 5.99. The van der Waals surface area contributed by atoms with Crippen LogP contribution in [0.4, 0.5) is 0 Å². The van der Waals surface area contributed by atoms with Gasteiger partial charge in [0.1, 0.15) is 11.4 Å². The zero-order valence-corrected chi connectivity index (χ0v) is 25.1. The molecular weight excluding hydrogens is 590 g/mol. The van der Waals surface area contributed by atoms with Crippen molar-refractivity contribution in [3.05, 3.63) is 87.0 Å². The van der Waals surface area contributed by atoms with Crippen LogP contribution in [0.3, 0.4) is 0 Å². The summed E-state index contributed by atoms with van der Waals surface area (Å²) >= 11 is 19.0. The number of halogens is 4. The van der Waals surface area contributed by atoms with E-state index in [4.69, 9.17) is 44.6 Å². The van der Waals surface area contributed by atoms with E-state index in [0.29, 0.717) is 37.8 Å². The maximum absolute atomic E-state index is 13.7. The molecule has 0 unspecified atom stereocenters. The van der Waals surface area contributed by atoms with Gasteiger partial charge in [0, 0.05) is 28.7 Å². The Balaban J connectivity index is 0.00000323. The third kappa shape index (κ3) is 5.31. The number of benzene rings is 3. The maximum Gasteiger partial charge on any atom is 0.286 e. The molecule has 1 saturated heterocycles. The van der Waals surface area contributed by atoms with Gasteiger partial charge in [-0.25, -0.2) is 9.69 Å². The normalized spacial score (nSPS) is 15.8. The number of carbonyl (C=O) groups excluding carboxylic acids is 1. The van der Waals surface area contributed by atoms with E-state index in [2.05, 4.69) is 5.43 Å². The van der Waals surface area contributed by atoms with Crippen molar-refractivity contribution in [3.8, 4) is 33.8 Å². The van der Waals surface area contributed by atoms with Crippen LogP contribution < -0.4 is 10.2 Å². The molecule has 0 saturated carbocycles. The number of nitrogens with zero attached hydrogens (tertiary/aromatic N) is 3. The predicted molar refractivity (Wildman–Crippen MR) is 163 cm³/mol. The minimum absolute atomic E-state index is 0. The van der Waals surface area contributed by atoms with Crippen molar-refractivity contribution in [2.24, 2.45) is 0 Å². The van der Waals surface area contributed by atoms with Gasteiger partial charge in [-0.15, -0.1) is 12.4 Å². The molecule has 1 fully saturated rings. The second kappa shape index (κ2) is 11.3. The van der Waals surface area contributed by atoms with Crippen molar-refractivity contribution in [1.82, 2.24) is 20.2 Å². The molecular formula is C30H28Cl4N4O2. The van der Waals surface area contributed by atoms with Crippen LogP contribution in [0, 0.1) is 0 Å². The number of carbonyl (C=O) groups is 1. The SMILES string of the molecule is CC1(C)Oc2cc(-c3ccc(Cl)cc3)ccc2-c2c1c(C(=O)NN1CCCCC1)nn2-c1ccc(Cl)cc1Cl.Cl. The molecule has 2 aliphatic heterocycles.